The van der Waals surface area contributed by atoms with Crippen molar-refractivity contribution in [3.8, 4) is 11.5 Å². The van der Waals surface area contributed by atoms with E-state index in [1.807, 2.05) is 52.9 Å². The molecule has 0 radical (unpaired) electrons. The SMILES string of the molecule is CCOc1ccc(CN(C)C(=O)C2CCN(C(=O)OC(C)(C)C)CC2)cc1OC. The number of ether oxygens (including phenoxy) is 3. The molecule has 1 fully saturated rings. The number of piperidine rings is 1. The lowest BCUT2D eigenvalue weighted by Gasteiger charge is -2.34. The highest BCUT2D eigenvalue weighted by Gasteiger charge is 2.31. The van der Waals surface area contributed by atoms with E-state index in [1.54, 1.807) is 16.9 Å². The lowest BCUT2D eigenvalue weighted by molar-refractivity contribution is -0.136. The van der Waals surface area contributed by atoms with Crippen molar-refractivity contribution >= 4 is 12.0 Å². The molecule has 1 heterocycles. The van der Waals surface area contributed by atoms with E-state index in [1.165, 1.54) is 0 Å². The second-order valence-electron chi connectivity index (χ2n) is 8.35. The maximum Gasteiger partial charge on any atom is 0.410 e. The molecule has 1 aromatic carbocycles. The van der Waals surface area contributed by atoms with Crippen molar-refractivity contribution < 1.29 is 23.8 Å². The third kappa shape index (κ3) is 6.54. The Morgan fingerprint density at radius 2 is 1.83 bits per heavy atom. The van der Waals surface area contributed by atoms with Gasteiger partial charge < -0.3 is 24.0 Å². The summed E-state index contributed by atoms with van der Waals surface area (Å²) in [7, 11) is 3.42. The number of hydrogen-bond donors (Lipinski definition) is 0. The molecule has 0 saturated carbocycles. The number of hydrogen-bond acceptors (Lipinski definition) is 5. The fourth-order valence-electron chi connectivity index (χ4n) is 3.38. The van der Waals surface area contributed by atoms with E-state index >= 15 is 0 Å². The Hall–Kier alpha value is -2.44. The van der Waals surface area contributed by atoms with Crippen LogP contribution in [0.5, 0.6) is 11.5 Å². The quantitative estimate of drug-likeness (QED) is 0.721. The fourth-order valence-corrected chi connectivity index (χ4v) is 3.38. The normalized spacial score (nSPS) is 15.0. The average Bonchev–Trinajstić information content (AvgIpc) is 2.67. The summed E-state index contributed by atoms with van der Waals surface area (Å²) in [6, 6.07) is 5.72. The molecule has 0 bridgehead atoms. The van der Waals surface area contributed by atoms with E-state index in [0.717, 1.165) is 5.56 Å². The van der Waals surface area contributed by atoms with Crippen LogP contribution in [0.4, 0.5) is 4.79 Å². The van der Waals surface area contributed by atoms with Crippen LogP contribution >= 0.6 is 0 Å². The zero-order valence-electron chi connectivity index (χ0n) is 18.5. The lowest BCUT2D eigenvalue weighted by Crippen LogP contribution is -2.45. The van der Waals surface area contributed by atoms with E-state index in [2.05, 4.69) is 0 Å². The molecule has 1 aliphatic heterocycles. The summed E-state index contributed by atoms with van der Waals surface area (Å²) in [6.07, 6.45) is 0.988. The Kier molecular flexibility index (Phi) is 7.76. The van der Waals surface area contributed by atoms with Gasteiger partial charge in [-0.2, -0.15) is 0 Å². The van der Waals surface area contributed by atoms with Crippen LogP contribution in [-0.4, -0.2) is 61.3 Å². The predicted octanol–water partition coefficient (Wildman–Crippen LogP) is 3.70. The van der Waals surface area contributed by atoms with Gasteiger partial charge in [0.25, 0.3) is 0 Å². The molecule has 0 aromatic heterocycles. The van der Waals surface area contributed by atoms with Crippen LogP contribution in [-0.2, 0) is 16.1 Å². The van der Waals surface area contributed by atoms with Gasteiger partial charge in [0.2, 0.25) is 5.91 Å². The molecule has 29 heavy (non-hydrogen) atoms. The Balaban J connectivity index is 1.90. The summed E-state index contributed by atoms with van der Waals surface area (Å²) in [4.78, 5) is 28.5. The molecule has 2 amide bonds. The van der Waals surface area contributed by atoms with Crippen molar-refractivity contribution in [1.82, 2.24) is 9.80 Å². The van der Waals surface area contributed by atoms with Gasteiger partial charge in [0.05, 0.1) is 13.7 Å². The van der Waals surface area contributed by atoms with Crippen molar-refractivity contribution in [2.45, 2.75) is 52.7 Å². The summed E-state index contributed by atoms with van der Waals surface area (Å²) in [6.45, 7) is 9.62. The molecular formula is C22H34N2O5. The van der Waals surface area contributed by atoms with Gasteiger partial charge in [0, 0.05) is 32.6 Å². The van der Waals surface area contributed by atoms with Crippen LogP contribution in [0.3, 0.4) is 0 Å². The molecule has 0 N–H and O–H groups in total. The Morgan fingerprint density at radius 3 is 2.38 bits per heavy atom. The first kappa shape index (κ1) is 22.8. The summed E-state index contributed by atoms with van der Waals surface area (Å²) < 4.78 is 16.3. The van der Waals surface area contributed by atoms with Crippen molar-refractivity contribution in [3.05, 3.63) is 23.8 Å². The van der Waals surface area contributed by atoms with Gasteiger partial charge in [-0.25, -0.2) is 4.79 Å². The van der Waals surface area contributed by atoms with Crippen LogP contribution in [0.15, 0.2) is 18.2 Å². The van der Waals surface area contributed by atoms with Crippen LogP contribution in [0, 0.1) is 5.92 Å². The van der Waals surface area contributed by atoms with Gasteiger partial charge >= 0.3 is 6.09 Å². The molecule has 0 atom stereocenters. The second kappa shape index (κ2) is 9.85. The third-order valence-electron chi connectivity index (χ3n) is 4.82. The minimum Gasteiger partial charge on any atom is -0.493 e. The van der Waals surface area contributed by atoms with E-state index in [4.69, 9.17) is 14.2 Å². The molecule has 0 unspecified atom stereocenters. The van der Waals surface area contributed by atoms with E-state index in [-0.39, 0.29) is 17.9 Å². The number of rotatable bonds is 6. The predicted molar refractivity (Wildman–Crippen MR) is 111 cm³/mol. The number of amides is 2. The number of carbonyl (C=O) groups is 2. The monoisotopic (exact) mass is 406 g/mol. The highest BCUT2D eigenvalue weighted by Crippen LogP contribution is 2.29. The van der Waals surface area contributed by atoms with Crippen LogP contribution in [0.25, 0.3) is 0 Å². The highest BCUT2D eigenvalue weighted by molar-refractivity contribution is 5.79. The number of benzene rings is 1. The molecular weight excluding hydrogens is 372 g/mol. The molecule has 7 nitrogen and oxygen atoms in total. The molecule has 2 rings (SSSR count). The van der Waals surface area contributed by atoms with E-state index in [9.17, 15) is 9.59 Å². The van der Waals surface area contributed by atoms with Gasteiger partial charge in [-0.3, -0.25) is 4.79 Å². The third-order valence-corrected chi connectivity index (χ3v) is 4.82. The number of likely N-dealkylation sites (tertiary alicyclic amines) is 1. The van der Waals surface area contributed by atoms with Crippen LogP contribution in [0.2, 0.25) is 0 Å². The van der Waals surface area contributed by atoms with Gasteiger partial charge in [0.1, 0.15) is 5.60 Å². The molecule has 1 aliphatic rings. The first-order chi connectivity index (χ1) is 13.6. The van der Waals surface area contributed by atoms with Gasteiger partial charge in [-0.05, 0) is 58.2 Å². The minimum atomic E-state index is -0.511. The fraction of sp³-hybridized carbons (Fsp3) is 0.636. The van der Waals surface area contributed by atoms with E-state index < -0.39 is 5.60 Å². The minimum absolute atomic E-state index is 0.0803. The maximum atomic E-state index is 12.9. The zero-order valence-corrected chi connectivity index (χ0v) is 18.5. The van der Waals surface area contributed by atoms with Crippen LogP contribution in [0.1, 0.15) is 46.1 Å². The maximum absolute atomic E-state index is 12.9. The summed E-state index contributed by atoms with van der Waals surface area (Å²) in [5, 5.41) is 0. The molecule has 1 saturated heterocycles. The summed E-state index contributed by atoms with van der Waals surface area (Å²) in [5.41, 5.74) is 0.468. The zero-order chi connectivity index (χ0) is 21.6. The second-order valence-corrected chi connectivity index (χ2v) is 8.35. The van der Waals surface area contributed by atoms with Crippen molar-refractivity contribution in [2.24, 2.45) is 5.92 Å². The van der Waals surface area contributed by atoms with Gasteiger partial charge in [-0.15, -0.1) is 0 Å². The van der Waals surface area contributed by atoms with Crippen molar-refractivity contribution in [1.29, 1.82) is 0 Å². The first-order valence-corrected chi connectivity index (χ1v) is 10.2. The molecule has 7 heteroatoms. The Bertz CT molecular complexity index is 706. The van der Waals surface area contributed by atoms with E-state index in [0.29, 0.717) is 50.6 Å². The summed E-state index contributed by atoms with van der Waals surface area (Å²) >= 11 is 0. The number of nitrogens with zero attached hydrogens (tertiary/aromatic N) is 2. The van der Waals surface area contributed by atoms with Gasteiger partial charge in [0.15, 0.2) is 11.5 Å². The number of methoxy groups -OCH3 is 1. The smallest absolute Gasteiger partial charge is 0.410 e. The first-order valence-electron chi connectivity index (χ1n) is 10.2. The summed E-state index contributed by atoms with van der Waals surface area (Å²) in [5.74, 6) is 1.38. The van der Waals surface area contributed by atoms with Crippen molar-refractivity contribution in [2.75, 3.05) is 33.9 Å². The average molecular weight is 407 g/mol. The van der Waals surface area contributed by atoms with Crippen LogP contribution < -0.4 is 9.47 Å². The molecule has 1 aromatic rings. The molecule has 0 aliphatic carbocycles. The standard InChI is InChI=1S/C22H34N2O5/c1-7-28-18-9-8-16(14-19(18)27-6)15-23(5)20(25)17-10-12-24(13-11-17)21(26)29-22(2,3)4/h8-9,14,17H,7,10-13,15H2,1-6H3. The van der Waals surface area contributed by atoms with Gasteiger partial charge in [-0.1, -0.05) is 6.07 Å². The molecule has 0 spiro atoms. The lowest BCUT2D eigenvalue weighted by atomic mass is 9.95. The Labute approximate surface area is 173 Å². The topological polar surface area (TPSA) is 68.3 Å². The van der Waals surface area contributed by atoms with Crippen molar-refractivity contribution in [3.63, 3.8) is 0 Å². The largest absolute Gasteiger partial charge is 0.493 e. The number of carbonyl (C=O) groups excluding carboxylic acids is 2. The highest BCUT2D eigenvalue weighted by atomic mass is 16.6. The molecule has 162 valence electrons. The Morgan fingerprint density at radius 1 is 1.17 bits per heavy atom.